The average Bonchev–Trinajstić information content (AvgIpc) is 2.38. The van der Waals surface area contributed by atoms with E-state index in [0.717, 1.165) is 10.6 Å². The maximum Gasteiger partial charge on any atom is 0.335 e. The predicted molar refractivity (Wildman–Crippen MR) is 77.7 cm³/mol. The zero-order valence-electron chi connectivity index (χ0n) is 10.1. The number of thioether (sulfide) groups is 1. The van der Waals surface area contributed by atoms with E-state index in [-0.39, 0.29) is 10.7 Å². The number of carboxylic acids is 1. The first-order valence-corrected chi connectivity index (χ1v) is 7.01. The Labute approximate surface area is 119 Å². The molecule has 1 heterocycles. The van der Waals surface area contributed by atoms with E-state index >= 15 is 0 Å². The standard InChI is InChI=1S/C13H11ClN2O2S/c1-19-10-5-3-2-4-9(10)15-12-7-8(13(17)18)6-11(14)16-12/h2-7H,1H3,(H,15,16)(H,17,18). The van der Waals surface area contributed by atoms with Crippen LogP contribution in [-0.4, -0.2) is 22.3 Å². The highest BCUT2D eigenvalue weighted by Gasteiger charge is 2.08. The zero-order valence-corrected chi connectivity index (χ0v) is 11.6. The van der Waals surface area contributed by atoms with Crippen LogP contribution in [0, 0.1) is 0 Å². The number of anilines is 2. The molecule has 2 rings (SSSR count). The van der Waals surface area contributed by atoms with Gasteiger partial charge in [-0.1, -0.05) is 23.7 Å². The third-order valence-electron chi connectivity index (χ3n) is 2.41. The summed E-state index contributed by atoms with van der Waals surface area (Å²) in [6.07, 6.45) is 1.97. The Hall–Kier alpha value is -1.72. The summed E-state index contributed by atoms with van der Waals surface area (Å²) in [6.45, 7) is 0. The molecule has 1 aromatic carbocycles. The van der Waals surface area contributed by atoms with Crippen LogP contribution >= 0.6 is 23.4 Å². The molecule has 0 amide bonds. The van der Waals surface area contributed by atoms with E-state index in [2.05, 4.69) is 10.3 Å². The van der Waals surface area contributed by atoms with Crippen LogP contribution in [0.3, 0.4) is 0 Å². The van der Waals surface area contributed by atoms with Gasteiger partial charge in [0.15, 0.2) is 0 Å². The lowest BCUT2D eigenvalue weighted by Crippen LogP contribution is -2.01. The molecule has 0 aliphatic heterocycles. The molecular weight excluding hydrogens is 284 g/mol. The second kappa shape index (κ2) is 5.95. The van der Waals surface area contributed by atoms with Crippen LogP contribution < -0.4 is 5.32 Å². The van der Waals surface area contributed by atoms with E-state index in [1.807, 2.05) is 30.5 Å². The number of nitrogens with one attached hydrogen (secondary N) is 1. The van der Waals surface area contributed by atoms with E-state index in [1.54, 1.807) is 11.8 Å². The first-order valence-electron chi connectivity index (χ1n) is 5.41. The molecule has 0 atom stereocenters. The van der Waals surface area contributed by atoms with Crippen molar-refractivity contribution in [3.05, 3.63) is 47.1 Å². The van der Waals surface area contributed by atoms with Crippen molar-refractivity contribution in [2.24, 2.45) is 0 Å². The van der Waals surface area contributed by atoms with Crippen LogP contribution in [0.5, 0.6) is 0 Å². The average molecular weight is 295 g/mol. The zero-order chi connectivity index (χ0) is 13.8. The van der Waals surface area contributed by atoms with Crippen molar-refractivity contribution in [2.45, 2.75) is 4.90 Å². The summed E-state index contributed by atoms with van der Waals surface area (Å²) in [6, 6.07) is 10.5. The van der Waals surface area contributed by atoms with Gasteiger partial charge in [0.25, 0.3) is 0 Å². The molecule has 0 aliphatic carbocycles. The van der Waals surface area contributed by atoms with Crippen LogP contribution in [0.2, 0.25) is 5.15 Å². The summed E-state index contributed by atoms with van der Waals surface area (Å²) in [5.74, 6) is -0.628. The van der Waals surface area contributed by atoms with Crippen molar-refractivity contribution in [3.8, 4) is 0 Å². The minimum Gasteiger partial charge on any atom is -0.478 e. The minimum atomic E-state index is -1.04. The SMILES string of the molecule is CSc1ccccc1Nc1cc(C(=O)O)cc(Cl)n1. The fourth-order valence-corrected chi connectivity index (χ4v) is 2.33. The van der Waals surface area contributed by atoms with Gasteiger partial charge in [-0.3, -0.25) is 0 Å². The molecule has 0 fully saturated rings. The van der Waals surface area contributed by atoms with Crippen molar-refractivity contribution in [1.29, 1.82) is 0 Å². The molecule has 2 N–H and O–H groups in total. The number of hydrogen-bond acceptors (Lipinski definition) is 4. The molecule has 98 valence electrons. The van der Waals surface area contributed by atoms with Crippen molar-refractivity contribution in [1.82, 2.24) is 4.98 Å². The number of benzene rings is 1. The normalized spacial score (nSPS) is 10.2. The smallest absolute Gasteiger partial charge is 0.335 e. The third kappa shape index (κ3) is 3.39. The monoisotopic (exact) mass is 294 g/mol. The van der Waals surface area contributed by atoms with Gasteiger partial charge in [0, 0.05) is 4.90 Å². The molecule has 19 heavy (non-hydrogen) atoms. The van der Waals surface area contributed by atoms with Gasteiger partial charge in [-0.25, -0.2) is 9.78 Å². The van der Waals surface area contributed by atoms with Crippen LogP contribution in [0.15, 0.2) is 41.3 Å². The number of halogens is 1. The number of carbonyl (C=O) groups is 1. The number of nitrogens with zero attached hydrogens (tertiary/aromatic N) is 1. The summed E-state index contributed by atoms with van der Waals surface area (Å²) in [7, 11) is 0. The topological polar surface area (TPSA) is 62.2 Å². The van der Waals surface area contributed by atoms with Gasteiger partial charge in [-0.05, 0) is 30.5 Å². The number of hydrogen-bond donors (Lipinski definition) is 2. The van der Waals surface area contributed by atoms with E-state index < -0.39 is 5.97 Å². The Bertz CT molecular complexity index is 619. The van der Waals surface area contributed by atoms with Crippen molar-refractivity contribution >= 4 is 40.8 Å². The van der Waals surface area contributed by atoms with Crippen LogP contribution in [0.1, 0.15) is 10.4 Å². The summed E-state index contributed by atoms with van der Waals surface area (Å²) < 4.78 is 0. The summed E-state index contributed by atoms with van der Waals surface area (Å²) in [5, 5.41) is 12.2. The molecule has 4 nitrogen and oxygen atoms in total. The minimum absolute atomic E-state index is 0.101. The number of para-hydroxylation sites is 1. The molecule has 6 heteroatoms. The Kier molecular flexibility index (Phi) is 4.29. The van der Waals surface area contributed by atoms with E-state index in [1.165, 1.54) is 12.1 Å². The van der Waals surface area contributed by atoms with Crippen LogP contribution in [0.25, 0.3) is 0 Å². The van der Waals surface area contributed by atoms with Gasteiger partial charge in [-0.2, -0.15) is 0 Å². The van der Waals surface area contributed by atoms with Crippen molar-refractivity contribution in [3.63, 3.8) is 0 Å². The lowest BCUT2D eigenvalue weighted by Gasteiger charge is -2.10. The predicted octanol–water partition coefficient (Wildman–Crippen LogP) is 3.90. The lowest BCUT2D eigenvalue weighted by molar-refractivity contribution is 0.0697. The van der Waals surface area contributed by atoms with E-state index in [0.29, 0.717) is 5.82 Å². The molecule has 0 aliphatic rings. The van der Waals surface area contributed by atoms with Crippen molar-refractivity contribution in [2.75, 3.05) is 11.6 Å². The van der Waals surface area contributed by atoms with Gasteiger partial charge < -0.3 is 10.4 Å². The molecule has 0 radical (unpaired) electrons. The number of aromatic nitrogens is 1. The second-order valence-electron chi connectivity index (χ2n) is 3.69. The second-order valence-corrected chi connectivity index (χ2v) is 4.93. The summed E-state index contributed by atoms with van der Waals surface area (Å²) in [5.41, 5.74) is 0.963. The third-order valence-corrected chi connectivity index (χ3v) is 3.40. The number of carboxylic acid groups (broad SMARTS) is 1. The molecular formula is C13H11ClN2O2S. The first-order chi connectivity index (χ1) is 9.10. The fraction of sp³-hybridized carbons (Fsp3) is 0.0769. The molecule has 0 saturated carbocycles. The van der Waals surface area contributed by atoms with Gasteiger partial charge >= 0.3 is 5.97 Å². The molecule has 2 aromatic rings. The number of pyridine rings is 1. The van der Waals surface area contributed by atoms with Gasteiger partial charge in [0.1, 0.15) is 11.0 Å². The highest BCUT2D eigenvalue weighted by molar-refractivity contribution is 7.98. The molecule has 0 spiro atoms. The highest BCUT2D eigenvalue weighted by atomic mass is 35.5. The maximum absolute atomic E-state index is 11.0. The van der Waals surface area contributed by atoms with Crippen molar-refractivity contribution < 1.29 is 9.90 Å². The van der Waals surface area contributed by atoms with Gasteiger partial charge in [0.05, 0.1) is 11.3 Å². The molecule has 1 aromatic heterocycles. The molecule has 0 bridgehead atoms. The van der Waals surface area contributed by atoms with Gasteiger partial charge in [0.2, 0.25) is 0 Å². The molecule has 0 unspecified atom stereocenters. The Morgan fingerprint density at radius 1 is 1.37 bits per heavy atom. The fourth-order valence-electron chi connectivity index (χ4n) is 1.57. The number of aromatic carboxylic acids is 1. The lowest BCUT2D eigenvalue weighted by atomic mass is 10.2. The summed E-state index contributed by atoms with van der Waals surface area (Å²) >= 11 is 7.40. The maximum atomic E-state index is 11.0. The first kappa shape index (κ1) is 13.7. The van der Waals surface area contributed by atoms with E-state index in [9.17, 15) is 4.79 Å². The quantitative estimate of drug-likeness (QED) is 0.661. The molecule has 0 saturated heterocycles. The van der Waals surface area contributed by atoms with Crippen LogP contribution in [-0.2, 0) is 0 Å². The Balaban J connectivity index is 2.35. The van der Waals surface area contributed by atoms with E-state index in [4.69, 9.17) is 16.7 Å². The highest BCUT2D eigenvalue weighted by Crippen LogP contribution is 2.28. The summed E-state index contributed by atoms with van der Waals surface area (Å²) in [4.78, 5) is 16.1. The Morgan fingerprint density at radius 2 is 2.11 bits per heavy atom. The largest absolute Gasteiger partial charge is 0.478 e. The Morgan fingerprint density at radius 3 is 2.79 bits per heavy atom. The van der Waals surface area contributed by atoms with Crippen LogP contribution in [0.4, 0.5) is 11.5 Å². The number of rotatable bonds is 4. The van der Waals surface area contributed by atoms with Gasteiger partial charge in [-0.15, -0.1) is 11.8 Å².